The third kappa shape index (κ3) is 4.83. The van der Waals surface area contributed by atoms with E-state index in [1.807, 2.05) is 37.3 Å². The summed E-state index contributed by atoms with van der Waals surface area (Å²) in [4.78, 5) is 12.4. The summed E-state index contributed by atoms with van der Waals surface area (Å²) in [5.74, 6) is 0.210. The number of hydrogen-bond donors (Lipinski definition) is 2. The molecular formula is C19H24N2O4S. The third-order valence-electron chi connectivity index (χ3n) is 4.06. The highest BCUT2D eigenvalue weighted by molar-refractivity contribution is 7.89. The number of sulfonamides is 1. The number of ether oxygens (including phenoxy) is 1. The normalized spacial score (nSPS) is 13.7. The van der Waals surface area contributed by atoms with E-state index in [1.165, 1.54) is 26.2 Å². The molecule has 2 aromatic carbocycles. The van der Waals surface area contributed by atoms with Gasteiger partial charge in [-0.05, 0) is 50.1 Å². The predicted molar refractivity (Wildman–Crippen MR) is 101 cm³/mol. The quantitative estimate of drug-likeness (QED) is 0.778. The van der Waals surface area contributed by atoms with Crippen molar-refractivity contribution in [1.29, 1.82) is 0 Å². The smallest absolute Gasteiger partial charge is 0.241 e. The van der Waals surface area contributed by atoms with Gasteiger partial charge in [0.1, 0.15) is 5.75 Å². The van der Waals surface area contributed by atoms with Crippen LogP contribution in [-0.2, 0) is 14.8 Å². The van der Waals surface area contributed by atoms with Gasteiger partial charge in [0, 0.05) is 0 Å². The first-order valence-electron chi connectivity index (χ1n) is 8.27. The second-order valence-corrected chi connectivity index (χ2v) is 7.83. The van der Waals surface area contributed by atoms with E-state index in [2.05, 4.69) is 10.0 Å². The summed E-state index contributed by atoms with van der Waals surface area (Å²) in [6.45, 7) is 5.12. The van der Waals surface area contributed by atoms with Crippen molar-refractivity contribution >= 4 is 15.9 Å². The van der Waals surface area contributed by atoms with Crippen molar-refractivity contribution in [3.63, 3.8) is 0 Å². The number of methoxy groups -OCH3 is 1. The Morgan fingerprint density at radius 1 is 1.08 bits per heavy atom. The summed E-state index contributed by atoms with van der Waals surface area (Å²) < 4.78 is 32.6. The Hall–Kier alpha value is -2.38. The fourth-order valence-electron chi connectivity index (χ4n) is 2.54. The van der Waals surface area contributed by atoms with Gasteiger partial charge in [-0.3, -0.25) is 4.79 Å². The molecule has 0 bridgehead atoms. The molecule has 140 valence electrons. The van der Waals surface area contributed by atoms with Crippen LogP contribution in [0, 0.1) is 6.92 Å². The Kier molecular flexibility index (Phi) is 6.39. The fraction of sp³-hybridized carbons (Fsp3) is 0.316. The van der Waals surface area contributed by atoms with Crippen molar-refractivity contribution < 1.29 is 17.9 Å². The van der Waals surface area contributed by atoms with E-state index in [-0.39, 0.29) is 10.9 Å². The molecule has 26 heavy (non-hydrogen) atoms. The second-order valence-electron chi connectivity index (χ2n) is 6.12. The maximum atomic E-state index is 12.5. The van der Waals surface area contributed by atoms with Gasteiger partial charge in [0.05, 0.1) is 24.1 Å². The van der Waals surface area contributed by atoms with Crippen molar-refractivity contribution in [2.24, 2.45) is 0 Å². The monoisotopic (exact) mass is 376 g/mol. The number of amides is 1. The van der Waals surface area contributed by atoms with Crippen LogP contribution in [0.4, 0.5) is 0 Å². The van der Waals surface area contributed by atoms with Crippen molar-refractivity contribution in [2.75, 3.05) is 7.11 Å². The van der Waals surface area contributed by atoms with Crippen molar-refractivity contribution in [3.8, 4) is 5.75 Å². The molecule has 0 aliphatic heterocycles. The minimum atomic E-state index is -3.82. The van der Waals surface area contributed by atoms with Gasteiger partial charge in [0.2, 0.25) is 15.9 Å². The van der Waals surface area contributed by atoms with Gasteiger partial charge in [0.25, 0.3) is 0 Å². The molecule has 0 radical (unpaired) electrons. The number of carbonyl (C=O) groups is 1. The lowest BCUT2D eigenvalue weighted by Crippen LogP contribution is -2.45. The molecule has 0 fully saturated rings. The molecule has 6 nitrogen and oxygen atoms in total. The van der Waals surface area contributed by atoms with E-state index < -0.39 is 22.0 Å². The summed E-state index contributed by atoms with van der Waals surface area (Å²) in [6, 6.07) is 12.9. The van der Waals surface area contributed by atoms with Crippen LogP contribution in [0.25, 0.3) is 0 Å². The van der Waals surface area contributed by atoms with E-state index in [0.29, 0.717) is 11.3 Å². The summed E-state index contributed by atoms with van der Waals surface area (Å²) in [7, 11) is -2.30. The Morgan fingerprint density at radius 2 is 1.73 bits per heavy atom. The van der Waals surface area contributed by atoms with Gasteiger partial charge < -0.3 is 10.1 Å². The molecular weight excluding hydrogens is 352 g/mol. The lowest BCUT2D eigenvalue weighted by Gasteiger charge is -2.19. The first kappa shape index (κ1) is 19.9. The first-order valence-corrected chi connectivity index (χ1v) is 9.75. The average Bonchev–Trinajstić information content (AvgIpc) is 2.61. The van der Waals surface area contributed by atoms with Gasteiger partial charge in [0.15, 0.2) is 0 Å². The molecule has 0 saturated heterocycles. The number of rotatable bonds is 7. The van der Waals surface area contributed by atoms with E-state index in [1.54, 1.807) is 13.0 Å². The average molecular weight is 376 g/mol. The highest BCUT2D eigenvalue weighted by Gasteiger charge is 2.23. The molecule has 0 aromatic heterocycles. The maximum absolute atomic E-state index is 12.5. The topological polar surface area (TPSA) is 84.5 Å². The Labute approximate surface area is 154 Å². The molecule has 0 unspecified atom stereocenters. The third-order valence-corrected chi connectivity index (χ3v) is 5.60. The van der Waals surface area contributed by atoms with E-state index >= 15 is 0 Å². The van der Waals surface area contributed by atoms with Crippen molar-refractivity contribution in [1.82, 2.24) is 10.0 Å². The number of benzene rings is 2. The van der Waals surface area contributed by atoms with Gasteiger partial charge in [-0.1, -0.05) is 30.3 Å². The minimum absolute atomic E-state index is 0.0894. The maximum Gasteiger partial charge on any atom is 0.241 e. The number of nitrogens with one attached hydrogen (secondary N) is 2. The Balaban J connectivity index is 2.06. The van der Waals surface area contributed by atoms with E-state index in [9.17, 15) is 13.2 Å². The van der Waals surface area contributed by atoms with Gasteiger partial charge in [-0.2, -0.15) is 4.72 Å². The van der Waals surface area contributed by atoms with Crippen LogP contribution in [0.2, 0.25) is 0 Å². The van der Waals surface area contributed by atoms with E-state index in [4.69, 9.17) is 4.74 Å². The van der Waals surface area contributed by atoms with Crippen LogP contribution in [0.3, 0.4) is 0 Å². The zero-order chi connectivity index (χ0) is 19.3. The molecule has 0 aliphatic rings. The fourth-order valence-corrected chi connectivity index (χ4v) is 3.82. The standard InChI is InChI=1S/C19H24N2O4S/c1-13-12-17(10-11-18(13)25-4)26(23,24)21-15(3)19(22)20-14(2)16-8-6-5-7-9-16/h5-12,14-15,21H,1-4H3,(H,20,22)/t14-,15-/m1/s1. The van der Waals surface area contributed by atoms with E-state index in [0.717, 1.165) is 5.56 Å². The summed E-state index contributed by atoms with van der Waals surface area (Å²) in [5, 5.41) is 2.81. The molecule has 2 aromatic rings. The molecule has 2 atom stereocenters. The summed E-state index contributed by atoms with van der Waals surface area (Å²) in [5.41, 5.74) is 1.65. The number of carbonyl (C=O) groups excluding carboxylic acids is 1. The molecule has 0 spiro atoms. The van der Waals surface area contributed by atoms with Crippen LogP contribution in [-0.4, -0.2) is 27.5 Å². The van der Waals surface area contributed by atoms with Crippen LogP contribution < -0.4 is 14.8 Å². The number of hydrogen-bond acceptors (Lipinski definition) is 4. The van der Waals surface area contributed by atoms with Gasteiger partial charge in [-0.15, -0.1) is 0 Å². The van der Waals surface area contributed by atoms with Crippen LogP contribution in [0.15, 0.2) is 53.4 Å². The van der Waals surface area contributed by atoms with Crippen molar-refractivity contribution in [3.05, 3.63) is 59.7 Å². The predicted octanol–water partition coefficient (Wildman–Crippen LogP) is 2.55. The van der Waals surface area contributed by atoms with Crippen molar-refractivity contribution in [2.45, 2.75) is 37.8 Å². The lowest BCUT2D eigenvalue weighted by molar-refractivity contribution is -0.123. The summed E-state index contributed by atoms with van der Waals surface area (Å²) >= 11 is 0. The largest absolute Gasteiger partial charge is 0.496 e. The minimum Gasteiger partial charge on any atom is -0.496 e. The molecule has 2 N–H and O–H groups in total. The molecule has 1 amide bonds. The molecule has 0 aliphatic carbocycles. The highest BCUT2D eigenvalue weighted by atomic mass is 32.2. The molecule has 7 heteroatoms. The van der Waals surface area contributed by atoms with Crippen LogP contribution in [0.5, 0.6) is 5.75 Å². The zero-order valence-electron chi connectivity index (χ0n) is 15.3. The molecule has 0 heterocycles. The van der Waals surface area contributed by atoms with Gasteiger partial charge in [-0.25, -0.2) is 8.42 Å². The first-order chi connectivity index (χ1) is 12.2. The summed E-state index contributed by atoms with van der Waals surface area (Å²) in [6.07, 6.45) is 0. The Morgan fingerprint density at radius 3 is 2.31 bits per heavy atom. The molecule has 0 saturated carbocycles. The molecule has 2 rings (SSSR count). The lowest BCUT2D eigenvalue weighted by atomic mass is 10.1. The van der Waals surface area contributed by atoms with Crippen LogP contribution >= 0.6 is 0 Å². The van der Waals surface area contributed by atoms with Crippen LogP contribution in [0.1, 0.15) is 31.0 Å². The Bertz CT molecular complexity index is 866. The second kappa shape index (κ2) is 8.33. The zero-order valence-corrected chi connectivity index (χ0v) is 16.1. The highest BCUT2D eigenvalue weighted by Crippen LogP contribution is 2.21. The SMILES string of the molecule is COc1ccc(S(=O)(=O)N[C@H](C)C(=O)N[C@H](C)c2ccccc2)cc1C. The number of aryl methyl sites for hydroxylation is 1. The van der Waals surface area contributed by atoms with Gasteiger partial charge >= 0.3 is 0 Å².